The van der Waals surface area contributed by atoms with Crippen LogP contribution < -0.4 is 15.0 Å². The Bertz CT molecular complexity index is 970. The molecule has 2 aromatic rings. The highest BCUT2D eigenvalue weighted by atomic mass is 16.6. The van der Waals surface area contributed by atoms with Gasteiger partial charge in [0.15, 0.2) is 12.7 Å². The van der Waals surface area contributed by atoms with Gasteiger partial charge in [0.05, 0.1) is 11.4 Å². The van der Waals surface area contributed by atoms with Crippen LogP contribution in [0.15, 0.2) is 42.5 Å². The van der Waals surface area contributed by atoms with Gasteiger partial charge >= 0.3 is 5.97 Å². The highest BCUT2D eigenvalue weighted by Gasteiger charge is 2.31. The Morgan fingerprint density at radius 1 is 1.13 bits per heavy atom. The Hall–Kier alpha value is -3.35. The molecule has 1 aliphatic rings. The first-order valence-corrected chi connectivity index (χ1v) is 9.89. The molecule has 7 nitrogen and oxygen atoms in total. The van der Waals surface area contributed by atoms with Crippen LogP contribution in [-0.4, -0.2) is 37.0 Å². The predicted molar refractivity (Wildman–Crippen MR) is 114 cm³/mol. The summed E-state index contributed by atoms with van der Waals surface area (Å²) >= 11 is 0. The molecule has 0 radical (unpaired) electrons. The van der Waals surface area contributed by atoms with Gasteiger partial charge in [0.1, 0.15) is 12.3 Å². The minimum atomic E-state index is -1.05. The summed E-state index contributed by atoms with van der Waals surface area (Å²) in [7, 11) is 0. The Kier molecular flexibility index (Phi) is 6.40. The number of benzene rings is 2. The van der Waals surface area contributed by atoms with Crippen LogP contribution in [0, 0.1) is 6.92 Å². The van der Waals surface area contributed by atoms with Gasteiger partial charge in [-0.1, -0.05) is 32.0 Å². The SMILES string of the molecule is Cc1cc(OCC(=O)O[C@@H](C)C(=O)N2CC(=O)Nc3ccccc32)ccc1C(C)C. The van der Waals surface area contributed by atoms with E-state index in [1.807, 2.05) is 25.1 Å². The number of rotatable bonds is 6. The summed E-state index contributed by atoms with van der Waals surface area (Å²) in [5, 5.41) is 2.72. The Morgan fingerprint density at radius 3 is 2.57 bits per heavy atom. The topological polar surface area (TPSA) is 84.9 Å². The number of hydrogen-bond donors (Lipinski definition) is 1. The van der Waals surface area contributed by atoms with E-state index in [-0.39, 0.29) is 19.1 Å². The number of para-hydroxylation sites is 2. The Balaban J connectivity index is 1.59. The first kappa shape index (κ1) is 21.4. The molecular weight excluding hydrogens is 384 g/mol. The molecule has 0 fully saturated rings. The third-order valence-electron chi connectivity index (χ3n) is 4.91. The quantitative estimate of drug-likeness (QED) is 0.738. The minimum Gasteiger partial charge on any atom is -0.482 e. The third-order valence-corrected chi connectivity index (χ3v) is 4.91. The van der Waals surface area contributed by atoms with Crippen LogP contribution in [0.4, 0.5) is 11.4 Å². The number of amides is 2. The van der Waals surface area contributed by atoms with E-state index in [4.69, 9.17) is 9.47 Å². The average molecular weight is 410 g/mol. The molecule has 0 saturated carbocycles. The van der Waals surface area contributed by atoms with Crippen molar-refractivity contribution in [1.29, 1.82) is 0 Å². The summed E-state index contributed by atoms with van der Waals surface area (Å²) in [5.41, 5.74) is 3.42. The van der Waals surface area contributed by atoms with Crippen molar-refractivity contribution in [3.63, 3.8) is 0 Å². The number of nitrogens with zero attached hydrogens (tertiary/aromatic N) is 1. The number of esters is 1. The van der Waals surface area contributed by atoms with Crippen LogP contribution in [0.3, 0.4) is 0 Å². The normalized spacial score (nSPS) is 14.0. The maximum atomic E-state index is 12.8. The van der Waals surface area contributed by atoms with Gasteiger partial charge in [0.2, 0.25) is 5.91 Å². The maximum Gasteiger partial charge on any atom is 0.344 e. The molecule has 1 atom stereocenters. The molecule has 2 amide bonds. The lowest BCUT2D eigenvalue weighted by molar-refractivity contribution is -0.155. The second kappa shape index (κ2) is 8.98. The molecule has 0 bridgehead atoms. The first-order chi connectivity index (χ1) is 14.3. The first-order valence-electron chi connectivity index (χ1n) is 9.89. The average Bonchev–Trinajstić information content (AvgIpc) is 2.70. The Morgan fingerprint density at radius 2 is 1.87 bits per heavy atom. The zero-order chi connectivity index (χ0) is 21.8. The summed E-state index contributed by atoms with van der Waals surface area (Å²) in [6.45, 7) is 7.27. The molecule has 0 unspecified atom stereocenters. The number of aryl methyl sites for hydroxylation is 1. The van der Waals surface area contributed by atoms with Crippen molar-refractivity contribution >= 4 is 29.2 Å². The second-order valence-corrected chi connectivity index (χ2v) is 7.58. The van der Waals surface area contributed by atoms with Gasteiger partial charge in [-0.05, 0) is 55.2 Å². The van der Waals surface area contributed by atoms with Crippen LogP contribution >= 0.6 is 0 Å². The highest BCUT2D eigenvalue weighted by Crippen LogP contribution is 2.29. The molecule has 0 aliphatic carbocycles. The lowest BCUT2D eigenvalue weighted by atomic mass is 9.98. The van der Waals surface area contributed by atoms with Crippen molar-refractivity contribution in [2.45, 2.75) is 39.7 Å². The summed E-state index contributed by atoms with van der Waals surface area (Å²) in [6.07, 6.45) is -1.05. The number of nitrogens with one attached hydrogen (secondary N) is 1. The highest BCUT2D eigenvalue weighted by molar-refractivity contribution is 6.11. The van der Waals surface area contributed by atoms with E-state index in [9.17, 15) is 14.4 Å². The molecule has 1 aliphatic heterocycles. The van der Waals surface area contributed by atoms with Gasteiger partial charge in [-0.3, -0.25) is 14.5 Å². The fourth-order valence-corrected chi connectivity index (χ4v) is 3.46. The number of fused-ring (bicyclic) bond motifs is 1. The van der Waals surface area contributed by atoms with E-state index in [0.29, 0.717) is 23.0 Å². The lowest BCUT2D eigenvalue weighted by Crippen LogP contribution is -2.47. The molecule has 2 aromatic carbocycles. The fourth-order valence-electron chi connectivity index (χ4n) is 3.46. The molecule has 158 valence electrons. The molecule has 1 N–H and O–H groups in total. The van der Waals surface area contributed by atoms with E-state index in [1.165, 1.54) is 17.4 Å². The summed E-state index contributed by atoms with van der Waals surface area (Å²) < 4.78 is 10.8. The largest absolute Gasteiger partial charge is 0.482 e. The number of ether oxygens (including phenoxy) is 2. The van der Waals surface area contributed by atoms with Gasteiger partial charge in [-0.25, -0.2) is 4.79 Å². The second-order valence-electron chi connectivity index (χ2n) is 7.58. The van der Waals surface area contributed by atoms with Crippen LogP contribution in [0.1, 0.15) is 37.8 Å². The van der Waals surface area contributed by atoms with Crippen molar-refractivity contribution in [3.8, 4) is 5.75 Å². The third kappa shape index (κ3) is 4.79. The number of hydrogen-bond acceptors (Lipinski definition) is 5. The van der Waals surface area contributed by atoms with E-state index in [1.54, 1.807) is 24.3 Å². The Labute approximate surface area is 176 Å². The van der Waals surface area contributed by atoms with E-state index >= 15 is 0 Å². The molecule has 7 heteroatoms. The van der Waals surface area contributed by atoms with Crippen molar-refractivity contribution < 1.29 is 23.9 Å². The summed E-state index contributed by atoms with van der Waals surface area (Å²) in [6, 6.07) is 12.6. The van der Waals surface area contributed by atoms with E-state index in [0.717, 1.165) is 5.56 Å². The number of anilines is 2. The van der Waals surface area contributed by atoms with Crippen LogP contribution in [0.5, 0.6) is 5.75 Å². The van der Waals surface area contributed by atoms with Crippen molar-refractivity contribution in [1.82, 2.24) is 0 Å². The molecular formula is C23H26N2O5. The zero-order valence-corrected chi connectivity index (χ0v) is 17.6. The number of carbonyl (C=O) groups is 3. The minimum absolute atomic E-state index is 0.129. The van der Waals surface area contributed by atoms with Gasteiger partial charge in [0, 0.05) is 0 Å². The molecule has 0 spiro atoms. The predicted octanol–water partition coefficient (Wildman–Crippen LogP) is 3.41. The fraction of sp³-hybridized carbons (Fsp3) is 0.348. The number of carbonyl (C=O) groups excluding carboxylic acids is 3. The van der Waals surface area contributed by atoms with Gasteiger partial charge in [0.25, 0.3) is 5.91 Å². The standard InChI is InChI=1S/C23H26N2O5/c1-14(2)18-10-9-17(11-15(18)3)29-13-22(27)30-16(4)23(28)25-12-21(26)24-19-7-5-6-8-20(19)25/h5-11,14,16H,12-13H2,1-4H3,(H,24,26)/t16-/m0/s1. The smallest absolute Gasteiger partial charge is 0.344 e. The molecule has 1 heterocycles. The van der Waals surface area contributed by atoms with E-state index < -0.39 is 18.0 Å². The van der Waals surface area contributed by atoms with E-state index in [2.05, 4.69) is 19.2 Å². The molecule has 0 saturated heterocycles. The van der Waals surface area contributed by atoms with Crippen LogP contribution in [0.2, 0.25) is 0 Å². The van der Waals surface area contributed by atoms with Crippen LogP contribution in [0.25, 0.3) is 0 Å². The molecule has 0 aromatic heterocycles. The maximum absolute atomic E-state index is 12.8. The lowest BCUT2D eigenvalue weighted by Gasteiger charge is -2.30. The zero-order valence-electron chi connectivity index (χ0n) is 17.6. The molecule has 30 heavy (non-hydrogen) atoms. The van der Waals surface area contributed by atoms with Gasteiger partial charge in [-0.15, -0.1) is 0 Å². The van der Waals surface area contributed by atoms with Gasteiger partial charge < -0.3 is 14.8 Å². The monoisotopic (exact) mass is 410 g/mol. The van der Waals surface area contributed by atoms with Crippen molar-refractivity contribution in [2.24, 2.45) is 0 Å². The summed E-state index contributed by atoms with van der Waals surface area (Å²) in [4.78, 5) is 38.2. The van der Waals surface area contributed by atoms with Crippen molar-refractivity contribution in [3.05, 3.63) is 53.6 Å². The van der Waals surface area contributed by atoms with Crippen LogP contribution in [-0.2, 0) is 19.1 Å². The van der Waals surface area contributed by atoms with Gasteiger partial charge in [-0.2, -0.15) is 0 Å². The summed E-state index contributed by atoms with van der Waals surface area (Å²) in [5.74, 6) is -0.463. The molecule has 3 rings (SSSR count). The van der Waals surface area contributed by atoms with Crippen molar-refractivity contribution in [2.75, 3.05) is 23.4 Å².